The van der Waals surface area contributed by atoms with Crippen LogP contribution in [0.15, 0.2) is 30.3 Å². The quantitative estimate of drug-likeness (QED) is 0.799. The number of benzene rings is 1. The van der Waals surface area contributed by atoms with Gasteiger partial charge in [-0.15, -0.1) is 0 Å². The number of carbonyl (C=O) groups is 2. The van der Waals surface area contributed by atoms with Crippen molar-refractivity contribution in [1.82, 2.24) is 0 Å². The minimum atomic E-state index is -1.01. The summed E-state index contributed by atoms with van der Waals surface area (Å²) in [5.74, 6) is -1.53. The van der Waals surface area contributed by atoms with Crippen LogP contribution in [0.25, 0.3) is 0 Å². The highest BCUT2D eigenvalue weighted by atomic mass is 16.6. The summed E-state index contributed by atoms with van der Waals surface area (Å²) in [5, 5.41) is 9.74. The summed E-state index contributed by atoms with van der Waals surface area (Å²) in [5.41, 5.74) is 0.415. The molecule has 1 aromatic carbocycles. The Hall–Kier alpha value is -1.88. The van der Waals surface area contributed by atoms with Crippen molar-refractivity contribution in [1.29, 1.82) is 0 Å². The summed E-state index contributed by atoms with van der Waals surface area (Å²) in [7, 11) is 0. The molecule has 0 saturated carbocycles. The zero-order valence-corrected chi connectivity index (χ0v) is 9.74. The van der Waals surface area contributed by atoms with E-state index in [-0.39, 0.29) is 6.61 Å². The highest BCUT2D eigenvalue weighted by Crippen LogP contribution is 2.18. The van der Waals surface area contributed by atoms with E-state index in [1.165, 1.54) is 0 Å². The number of carbonyl (C=O) groups excluding carboxylic acids is 2. The van der Waals surface area contributed by atoms with Crippen molar-refractivity contribution in [3.8, 4) is 0 Å². The van der Waals surface area contributed by atoms with Gasteiger partial charge in [-0.1, -0.05) is 18.2 Å². The van der Waals surface area contributed by atoms with Crippen LogP contribution in [0.4, 0.5) is 0 Å². The first-order valence-corrected chi connectivity index (χ1v) is 5.75. The second-order valence-corrected chi connectivity index (χ2v) is 4.09. The maximum atomic E-state index is 11.6. The molecular weight excluding hydrogens is 236 g/mol. The SMILES string of the molecule is O=C(OC[C@H](O)C1CCOC1=O)c1ccccc1. The van der Waals surface area contributed by atoms with Gasteiger partial charge < -0.3 is 14.6 Å². The minimum Gasteiger partial charge on any atom is -0.465 e. The molecule has 1 aliphatic heterocycles. The Bertz CT molecular complexity index is 428. The lowest BCUT2D eigenvalue weighted by Gasteiger charge is -2.14. The molecule has 0 radical (unpaired) electrons. The molecular formula is C13H14O5. The van der Waals surface area contributed by atoms with Crippen LogP contribution in [0.3, 0.4) is 0 Å². The van der Waals surface area contributed by atoms with Crippen molar-refractivity contribution in [2.75, 3.05) is 13.2 Å². The van der Waals surface area contributed by atoms with Crippen molar-refractivity contribution < 1.29 is 24.2 Å². The molecule has 0 spiro atoms. The Morgan fingerprint density at radius 1 is 1.44 bits per heavy atom. The summed E-state index contributed by atoms with van der Waals surface area (Å²) in [6.07, 6.45) is -0.546. The van der Waals surface area contributed by atoms with E-state index >= 15 is 0 Å². The molecule has 0 aromatic heterocycles. The topological polar surface area (TPSA) is 72.8 Å². The molecule has 0 amide bonds. The van der Waals surface area contributed by atoms with Gasteiger partial charge in [0.1, 0.15) is 12.7 Å². The van der Waals surface area contributed by atoms with E-state index in [2.05, 4.69) is 0 Å². The van der Waals surface area contributed by atoms with Crippen LogP contribution in [-0.2, 0) is 14.3 Å². The fraction of sp³-hybridized carbons (Fsp3) is 0.385. The zero-order valence-electron chi connectivity index (χ0n) is 9.74. The van der Waals surface area contributed by atoms with Crippen molar-refractivity contribution in [2.45, 2.75) is 12.5 Å². The van der Waals surface area contributed by atoms with Crippen LogP contribution in [0.1, 0.15) is 16.8 Å². The number of rotatable bonds is 4. The van der Waals surface area contributed by atoms with Gasteiger partial charge in [0.25, 0.3) is 0 Å². The predicted octanol–water partition coefficient (Wildman–Crippen LogP) is 0.767. The maximum Gasteiger partial charge on any atom is 0.338 e. The van der Waals surface area contributed by atoms with Gasteiger partial charge in [0.2, 0.25) is 0 Å². The minimum absolute atomic E-state index is 0.201. The molecule has 1 fully saturated rings. The van der Waals surface area contributed by atoms with Gasteiger partial charge >= 0.3 is 11.9 Å². The Kier molecular flexibility index (Phi) is 3.94. The zero-order chi connectivity index (χ0) is 13.0. The van der Waals surface area contributed by atoms with Crippen molar-refractivity contribution in [2.24, 2.45) is 5.92 Å². The van der Waals surface area contributed by atoms with E-state index in [1.807, 2.05) is 0 Å². The van der Waals surface area contributed by atoms with Gasteiger partial charge in [0.15, 0.2) is 0 Å². The Balaban J connectivity index is 1.84. The van der Waals surface area contributed by atoms with Gasteiger partial charge in [-0.25, -0.2) is 4.79 Å². The summed E-state index contributed by atoms with van der Waals surface area (Å²) in [4.78, 5) is 22.8. The average molecular weight is 250 g/mol. The van der Waals surface area contributed by atoms with Gasteiger partial charge in [-0.3, -0.25) is 4.79 Å². The lowest BCUT2D eigenvalue weighted by molar-refractivity contribution is -0.144. The van der Waals surface area contributed by atoms with E-state index in [4.69, 9.17) is 9.47 Å². The molecule has 18 heavy (non-hydrogen) atoms. The highest BCUT2D eigenvalue weighted by Gasteiger charge is 2.33. The monoisotopic (exact) mass is 250 g/mol. The van der Waals surface area contributed by atoms with Crippen LogP contribution in [0.2, 0.25) is 0 Å². The third kappa shape index (κ3) is 2.87. The van der Waals surface area contributed by atoms with E-state index < -0.39 is 24.0 Å². The van der Waals surface area contributed by atoms with Crippen molar-refractivity contribution in [3.63, 3.8) is 0 Å². The van der Waals surface area contributed by atoms with E-state index in [0.717, 1.165) is 0 Å². The van der Waals surface area contributed by atoms with Crippen LogP contribution >= 0.6 is 0 Å². The normalized spacial score (nSPS) is 20.3. The molecule has 96 valence electrons. The molecule has 1 saturated heterocycles. The fourth-order valence-corrected chi connectivity index (χ4v) is 1.80. The first-order valence-electron chi connectivity index (χ1n) is 5.75. The summed E-state index contributed by atoms with van der Waals surface area (Å²) < 4.78 is 9.69. The fourth-order valence-electron chi connectivity index (χ4n) is 1.80. The largest absolute Gasteiger partial charge is 0.465 e. The lowest BCUT2D eigenvalue weighted by atomic mass is 10.0. The van der Waals surface area contributed by atoms with Gasteiger partial charge in [-0.05, 0) is 18.6 Å². The first kappa shape index (κ1) is 12.6. The molecule has 1 aromatic rings. The van der Waals surface area contributed by atoms with Gasteiger partial charge in [0.05, 0.1) is 18.1 Å². The Labute approximate surface area is 104 Å². The van der Waals surface area contributed by atoms with Crippen LogP contribution < -0.4 is 0 Å². The standard InChI is InChI=1S/C13H14O5/c14-11(10-6-7-17-13(10)16)8-18-12(15)9-4-2-1-3-5-9/h1-5,10-11,14H,6-8H2/t10?,11-/m0/s1. The maximum absolute atomic E-state index is 11.6. The summed E-state index contributed by atoms with van der Waals surface area (Å²) in [6.45, 7) is 0.112. The van der Waals surface area contributed by atoms with E-state index in [1.54, 1.807) is 30.3 Å². The first-order chi connectivity index (χ1) is 8.68. The van der Waals surface area contributed by atoms with Gasteiger partial charge in [-0.2, -0.15) is 0 Å². The molecule has 1 heterocycles. The smallest absolute Gasteiger partial charge is 0.338 e. The van der Waals surface area contributed by atoms with Crippen LogP contribution in [-0.4, -0.2) is 36.4 Å². The Morgan fingerprint density at radius 3 is 2.78 bits per heavy atom. The molecule has 5 heteroatoms. The second-order valence-electron chi connectivity index (χ2n) is 4.09. The molecule has 2 rings (SSSR count). The molecule has 1 N–H and O–H groups in total. The molecule has 0 bridgehead atoms. The molecule has 1 aliphatic rings. The van der Waals surface area contributed by atoms with Crippen molar-refractivity contribution >= 4 is 11.9 Å². The number of hydrogen-bond donors (Lipinski definition) is 1. The third-order valence-electron chi connectivity index (χ3n) is 2.84. The second kappa shape index (κ2) is 5.64. The summed E-state index contributed by atoms with van der Waals surface area (Å²) in [6, 6.07) is 8.49. The highest BCUT2D eigenvalue weighted by molar-refractivity contribution is 5.89. The number of aliphatic hydroxyl groups excluding tert-OH is 1. The number of ether oxygens (including phenoxy) is 2. The molecule has 0 aliphatic carbocycles. The molecule has 5 nitrogen and oxygen atoms in total. The van der Waals surface area contributed by atoms with E-state index in [0.29, 0.717) is 18.6 Å². The number of hydrogen-bond acceptors (Lipinski definition) is 5. The molecule has 1 unspecified atom stereocenters. The number of aliphatic hydroxyl groups is 1. The van der Waals surface area contributed by atoms with Gasteiger partial charge in [0, 0.05) is 0 Å². The van der Waals surface area contributed by atoms with Crippen LogP contribution in [0.5, 0.6) is 0 Å². The lowest BCUT2D eigenvalue weighted by Crippen LogP contribution is -2.30. The Morgan fingerprint density at radius 2 is 2.17 bits per heavy atom. The molecule has 2 atom stereocenters. The van der Waals surface area contributed by atoms with Crippen molar-refractivity contribution in [3.05, 3.63) is 35.9 Å². The average Bonchev–Trinajstić information content (AvgIpc) is 2.83. The number of cyclic esters (lactones) is 1. The third-order valence-corrected chi connectivity index (χ3v) is 2.84. The summed E-state index contributed by atoms with van der Waals surface area (Å²) >= 11 is 0. The van der Waals surface area contributed by atoms with Crippen LogP contribution in [0, 0.1) is 5.92 Å². The van der Waals surface area contributed by atoms with E-state index in [9.17, 15) is 14.7 Å². The number of esters is 2. The predicted molar refractivity (Wildman–Crippen MR) is 61.8 cm³/mol.